The fourth-order valence-electron chi connectivity index (χ4n) is 1.81. The van der Waals surface area contributed by atoms with Crippen LogP contribution in [-0.4, -0.2) is 14.3 Å². The third-order valence-electron chi connectivity index (χ3n) is 2.59. The van der Waals surface area contributed by atoms with Gasteiger partial charge in [-0.3, -0.25) is 9.48 Å². The molecule has 0 atom stereocenters. The monoisotopic (exact) mass is 343 g/mol. The van der Waals surface area contributed by atoms with E-state index in [-0.39, 0.29) is 5.56 Å². The summed E-state index contributed by atoms with van der Waals surface area (Å²) in [5, 5.41) is 4.38. The number of pyridine rings is 1. The van der Waals surface area contributed by atoms with E-state index in [1.807, 2.05) is 42.9 Å². The molecule has 0 spiro atoms. The third-order valence-corrected chi connectivity index (χ3v) is 3.41. The molecule has 0 aliphatic heterocycles. The Morgan fingerprint density at radius 3 is 2.94 bits per heavy atom. The molecule has 0 saturated heterocycles. The Balaban J connectivity index is 2.37. The summed E-state index contributed by atoms with van der Waals surface area (Å²) in [6.07, 6.45) is 1.81. The first-order valence-electron chi connectivity index (χ1n) is 5.50. The Kier molecular flexibility index (Phi) is 3.66. The lowest BCUT2D eigenvalue weighted by Gasteiger charge is -2.07. The highest BCUT2D eigenvalue weighted by molar-refractivity contribution is 14.1. The van der Waals surface area contributed by atoms with E-state index >= 15 is 0 Å². The number of aryl methyl sites for hydroxylation is 2. The van der Waals surface area contributed by atoms with Crippen molar-refractivity contribution >= 4 is 22.6 Å². The van der Waals surface area contributed by atoms with Crippen LogP contribution in [0.15, 0.2) is 29.2 Å². The van der Waals surface area contributed by atoms with E-state index < -0.39 is 0 Å². The summed E-state index contributed by atoms with van der Waals surface area (Å²) in [6, 6.07) is 5.74. The van der Waals surface area contributed by atoms with E-state index in [0.717, 1.165) is 21.5 Å². The van der Waals surface area contributed by atoms with Gasteiger partial charge in [-0.15, -0.1) is 0 Å². The topological polar surface area (TPSA) is 39.8 Å². The lowest BCUT2D eigenvalue weighted by Crippen LogP contribution is -2.23. The zero-order valence-electron chi connectivity index (χ0n) is 9.85. The predicted molar refractivity (Wildman–Crippen MR) is 75.2 cm³/mol. The normalized spacial score (nSPS) is 10.8. The standard InChI is InChI=1S/C12H14IN3O/c1-3-16-10(7-9(2)14-16)8-15-6-4-5-11(13)12(15)17/h4-7H,3,8H2,1-2H3. The quantitative estimate of drug-likeness (QED) is 0.800. The largest absolute Gasteiger partial charge is 0.309 e. The van der Waals surface area contributed by atoms with Gasteiger partial charge in [0.2, 0.25) is 0 Å². The van der Waals surface area contributed by atoms with Crippen LogP contribution in [0.2, 0.25) is 0 Å². The summed E-state index contributed by atoms with van der Waals surface area (Å²) in [7, 11) is 0. The molecule has 2 heterocycles. The van der Waals surface area contributed by atoms with Gasteiger partial charge in [-0.05, 0) is 54.6 Å². The minimum absolute atomic E-state index is 0.0506. The number of rotatable bonds is 3. The second-order valence-electron chi connectivity index (χ2n) is 3.88. The van der Waals surface area contributed by atoms with Gasteiger partial charge in [0.15, 0.2) is 0 Å². The average molecular weight is 343 g/mol. The lowest BCUT2D eigenvalue weighted by molar-refractivity contribution is 0.591. The predicted octanol–water partition coefficient (Wildman–Crippen LogP) is 2.03. The van der Waals surface area contributed by atoms with Gasteiger partial charge in [0.25, 0.3) is 5.56 Å². The lowest BCUT2D eigenvalue weighted by atomic mass is 10.3. The molecule has 4 nitrogen and oxygen atoms in total. The third kappa shape index (κ3) is 2.59. The van der Waals surface area contributed by atoms with Crippen LogP contribution >= 0.6 is 22.6 Å². The van der Waals surface area contributed by atoms with Crippen molar-refractivity contribution in [2.75, 3.05) is 0 Å². The highest BCUT2D eigenvalue weighted by atomic mass is 127. The Morgan fingerprint density at radius 1 is 1.47 bits per heavy atom. The van der Waals surface area contributed by atoms with Crippen LogP contribution < -0.4 is 5.56 Å². The number of aromatic nitrogens is 3. The van der Waals surface area contributed by atoms with E-state index in [4.69, 9.17) is 0 Å². The van der Waals surface area contributed by atoms with Crippen molar-refractivity contribution in [2.24, 2.45) is 0 Å². The molecule has 0 bridgehead atoms. The van der Waals surface area contributed by atoms with Gasteiger partial charge in [0.05, 0.1) is 21.5 Å². The zero-order chi connectivity index (χ0) is 12.4. The van der Waals surface area contributed by atoms with E-state index in [2.05, 4.69) is 27.7 Å². The average Bonchev–Trinajstić information content (AvgIpc) is 2.65. The maximum atomic E-state index is 11.9. The molecule has 0 aliphatic carbocycles. The first-order valence-corrected chi connectivity index (χ1v) is 6.58. The summed E-state index contributed by atoms with van der Waals surface area (Å²) in [5.74, 6) is 0. The molecule has 0 aromatic carbocycles. The molecule has 0 amide bonds. The summed E-state index contributed by atoms with van der Waals surface area (Å²) in [6.45, 7) is 5.41. The second-order valence-corrected chi connectivity index (χ2v) is 5.04. The highest BCUT2D eigenvalue weighted by Crippen LogP contribution is 2.06. The molecule has 2 rings (SSSR count). The van der Waals surface area contributed by atoms with Gasteiger partial charge >= 0.3 is 0 Å². The van der Waals surface area contributed by atoms with Gasteiger partial charge in [0.1, 0.15) is 0 Å². The van der Waals surface area contributed by atoms with E-state index in [9.17, 15) is 4.79 Å². The van der Waals surface area contributed by atoms with E-state index in [0.29, 0.717) is 6.54 Å². The highest BCUT2D eigenvalue weighted by Gasteiger charge is 2.06. The molecule has 2 aromatic heterocycles. The van der Waals surface area contributed by atoms with Crippen molar-refractivity contribution in [3.63, 3.8) is 0 Å². The molecular formula is C12H14IN3O. The van der Waals surface area contributed by atoms with Crippen molar-refractivity contribution in [1.29, 1.82) is 0 Å². The molecule has 0 aliphatic rings. The number of hydrogen-bond donors (Lipinski definition) is 0. The van der Waals surface area contributed by atoms with Gasteiger partial charge in [0, 0.05) is 12.7 Å². The Labute approximate surface area is 113 Å². The summed E-state index contributed by atoms with van der Waals surface area (Å²) >= 11 is 2.06. The Hall–Kier alpha value is -1.11. The van der Waals surface area contributed by atoms with Crippen LogP contribution in [0.25, 0.3) is 0 Å². The Bertz CT molecular complexity index is 586. The van der Waals surface area contributed by atoms with Crippen LogP contribution in [0.3, 0.4) is 0 Å². The molecule has 0 fully saturated rings. The van der Waals surface area contributed by atoms with Crippen molar-refractivity contribution in [2.45, 2.75) is 26.9 Å². The first-order chi connectivity index (χ1) is 8.11. The number of nitrogens with zero attached hydrogens (tertiary/aromatic N) is 3. The minimum atomic E-state index is 0.0506. The fraction of sp³-hybridized carbons (Fsp3) is 0.333. The van der Waals surface area contributed by atoms with Crippen LogP contribution in [0, 0.1) is 10.5 Å². The first kappa shape index (κ1) is 12.3. The number of halogens is 1. The molecule has 0 unspecified atom stereocenters. The van der Waals surface area contributed by atoms with Crippen molar-refractivity contribution < 1.29 is 0 Å². The van der Waals surface area contributed by atoms with E-state index in [1.165, 1.54) is 0 Å². The van der Waals surface area contributed by atoms with Gasteiger partial charge in [-0.2, -0.15) is 5.10 Å². The maximum absolute atomic E-state index is 11.9. The second kappa shape index (κ2) is 5.03. The van der Waals surface area contributed by atoms with Crippen LogP contribution in [0.5, 0.6) is 0 Å². The summed E-state index contributed by atoms with van der Waals surface area (Å²) in [4.78, 5) is 11.9. The Morgan fingerprint density at radius 2 is 2.24 bits per heavy atom. The molecule has 17 heavy (non-hydrogen) atoms. The van der Waals surface area contributed by atoms with Crippen LogP contribution in [-0.2, 0) is 13.1 Å². The van der Waals surface area contributed by atoms with Gasteiger partial charge in [-0.25, -0.2) is 0 Å². The van der Waals surface area contributed by atoms with E-state index in [1.54, 1.807) is 4.57 Å². The van der Waals surface area contributed by atoms with Gasteiger partial charge < -0.3 is 4.57 Å². The van der Waals surface area contributed by atoms with Crippen LogP contribution in [0.4, 0.5) is 0 Å². The SMILES string of the molecule is CCn1nc(C)cc1Cn1cccc(I)c1=O. The summed E-state index contributed by atoms with van der Waals surface area (Å²) < 4.78 is 4.39. The van der Waals surface area contributed by atoms with Crippen molar-refractivity contribution in [3.8, 4) is 0 Å². The molecule has 5 heteroatoms. The smallest absolute Gasteiger partial charge is 0.264 e. The molecule has 0 radical (unpaired) electrons. The van der Waals surface area contributed by atoms with Crippen molar-refractivity contribution in [1.82, 2.24) is 14.3 Å². The maximum Gasteiger partial charge on any atom is 0.264 e. The minimum Gasteiger partial charge on any atom is -0.309 e. The molecule has 0 N–H and O–H groups in total. The van der Waals surface area contributed by atoms with Crippen LogP contribution in [0.1, 0.15) is 18.3 Å². The van der Waals surface area contributed by atoms with Gasteiger partial charge in [-0.1, -0.05) is 0 Å². The molecule has 0 saturated carbocycles. The van der Waals surface area contributed by atoms with Crippen molar-refractivity contribution in [3.05, 3.63) is 49.7 Å². The zero-order valence-corrected chi connectivity index (χ0v) is 12.0. The number of hydrogen-bond acceptors (Lipinski definition) is 2. The molecule has 2 aromatic rings. The summed E-state index contributed by atoms with van der Waals surface area (Å²) in [5.41, 5.74) is 2.10. The molecular weight excluding hydrogens is 329 g/mol. The fourth-order valence-corrected chi connectivity index (χ4v) is 2.32. The molecule has 90 valence electrons.